The molecule has 1 aliphatic heterocycles. The van der Waals surface area contributed by atoms with Gasteiger partial charge in [0.25, 0.3) is 5.91 Å². The number of ether oxygens (including phenoxy) is 1. The van der Waals surface area contributed by atoms with Gasteiger partial charge >= 0.3 is 0 Å². The number of thiazole rings is 1. The SMILES string of the molecule is COc1ccc2nc(-n3nc(C)cc3NC(=O)c3ccc(S(=O)(=O)N4CCCC4)cc3)sc2c1. The van der Waals surface area contributed by atoms with Crippen LogP contribution in [0.25, 0.3) is 15.3 Å². The van der Waals surface area contributed by atoms with Gasteiger partial charge in [0.1, 0.15) is 11.6 Å². The number of rotatable bonds is 6. The molecular weight excluding hydrogens is 474 g/mol. The van der Waals surface area contributed by atoms with Crippen LogP contribution in [-0.2, 0) is 10.0 Å². The Balaban J connectivity index is 1.39. The molecule has 1 N–H and O–H groups in total. The second-order valence-corrected chi connectivity index (χ2v) is 10.9. The molecule has 3 heterocycles. The first-order valence-corrected chi connectivity index (χ1v) is 13.0. The summed E-state index contributed by atoms with van der Waals surface area (Å²) in [5, 5.41) is 7.97. The number of carbonyl (C=O) groups excluding carboxylic acids is 1. The molecule has 1 saturated heterocycles. The smallest absolute Gasteiger partial charge is 0.256 e. The first kappa shape index (κ1) is 22.5. The standard InChI is InChI=1S/C23H23N5O4S2/c1-15-13-21(28(26-15)23-24-19-10-7-17(32-2)14-20(19)33-23)25-22(29)16-5-8-18(9-6-16)34(30,31)27-11-3-4-12-27/h5-10,13-14H,3-4,11-12H2,1-2H3,(H,25,29). The van der Waals surface area contributed by atoms with E-state index >= 15 is 0 Å². The highest BCUT2D eigenvalue weighted by atomic mass is 32.2. The van der Waals surface area contributed by atoms with E-state index in [0.717, 1.165) is 34.5 Å². The van der Waals surface area contributed by atoms with Gasteiger partial charge in [0.15, 0.2) is 0 Å². The fourth-order valence-electron chi connectivity index (χ4n) is 3.89. The topological polar surface area (TPSA) is 106 Å². The van der Waals surface area contributed by atoms with E-state index in [2.05, 4.69) is 15.4 Å². The highest BCUT2D eigenvalue weighted by molar-refractivity contribution is 7.89. The quantitative estimate of drug-likeness (QED) is 0.434. The normalized spacial score (nSPS) is 14.5. The van der Waals surface area contributed by atoms with Crippen molar-refractivity contribution < 1.29 is 17.9 Å². The van der Waals surface area contributed by atoms with Gasteiger partial charge in [-0.1, -0.05) is 11.3 Å². The highest BCUT2D eigenvalue weighted by Gasteiger charge is 2.27. The summed E-state index contributed by atoms with van der Waals surface area (Å²) in [4.78, 5) is 17.8. The van der Waals surface area contributed by atoms with Gasteiger partial charge in [-0.15, -0.1) is 0 Å². The van der Waals surface area contributed by atoms with Gasteiger partial charge < -0.3 is 10.1 Å². The molecule has 0 saturated carbocycles. The van der Waals surface area contributed by atoms with E-state index in [1.807, 2.05) is 25.1 Å². The lowest BCUT2D eigenvalue weighted by Gasteiger charge is -2.15. The number of aryl methyl sites for hydroxylation is 1. The Morgan fingerprint density at radius 1 is 1.09 bits per heavy atom. The third-order valence-corrected chi connectivity index (χ3v) is 8.56. The van der Waals surface area contributed by atoms with Gasteiger partial charge in [-0.05, 0) is 62.2 Å². The zero-order chi connectivity index (χ0) is 23.9. The van der Waals surface area contributed by atoms with Crippen LogP contribution in [0.3, 0.4) is 0 Å². The van der Waals surface area contributed by atoms with E-state index in [-0.39, 0.29) is 10.8 Å². The third-order valence-electron chi connectivity index (χ3n) is 5.66. The average molecular weight is 498 g/mol. The van der Waals surface area contributed by atoms with E-state index < -0.39 is 10.0 Å². The summed E-state index contributed by atoms with van der Waals surface area (Å²) >= 11 is 1.43. The Morgan fingerprint density at radius 2 is 1.82 bits per heavy atom. The molecule has 1 amide bonds. The van der Waals surface area contributed by atoms with Crippen molar-refractivity contribution in [1.82, 2.24) is 19.1 Å². The van der Waals surface area contributed by atoms with Crippen LogP contribution < -0.4 is 10.1 Å². The maximum absolute atomic E-state index is 12.9. The van der Waals surface area contributed by atoms with E-state index in [9.17, 15) is 13.2 Å². The summed E-state index contributed by atoms with van der Waals surface area (Å²) in [7, 11) is -1.91. The lowest BCUT2D eigenvalue weighted by Crippen LogP contribution is -2.27. The first-order chi connectivity index (χ1) is 16.3. The van der Waals surface area contributed by atoms with Gasteiger partial charge in [-0.3, -0.25) is 4.79 Å². The number of nitrogens with one attached hydrogen (secondary N) is 1. The largest absolute Gasteiger partial charge is 0.497 e. The fraction of sp³-hybridized carbons (Fsp3) is 0.261. The van der Waals surface area contributed by atoms with Gasteiger partial charge in [-0.25, -0.2) is 13.4 Å². The monoisotopic (exact) mass is 497 g/mol. The van der Waals surface area contributed by atoms with Crippen LogP contribution in [0.2, 0.25) is 0 Å². The first-order valence-electron chi connectivity index (χ1n) is 10.8. The number of carbonyl (C=O) groups is 1. The molecule has 0 atom stereocenters. The van der Waals surface area contributed by atoms with Crippen LogP contribution in [0, 0.1) is 6.92 Å². The van der Waals surface area contributed by atoms with Crippen LogP contribution in [0.15, 0.2) is 53.4 Å². The molecule has 11 heteroatoms. The fourth-order valence-corrected chi connectivity index (χ4v) is 6.37. The summed E-state index contributed by atoms with van der Waals surface area (Å²) in [6.45, 7) is 2.90. The van der Waals surface area contributed by atoms with Gasteiger partial charge in [-0.2, -0.15) is 14.1 Å². The summed E-state index contributed by atoms with van der Waals surface area (Å²) < 4.78 is 34.8. The molecule has 1 aliphatic rings. The second-order valence-electron chi connectivity index (χ2n) is 8.00. The molecule has 1 fully saturated rings. The predicted octanol–water partition coefficient (Wildman–Crippen LogP) is 3.84. The molecule has 4 aromatic rings. The molecule has 9 nitrogen and oxygen atoms in total. The Hall–Kier alpha value is -3.28. The van der Waals surface area contributed by atoms with Crippen LogP contribution in [0.5, 0.6) is 5.75 Å². The third kappa shape index (κ3) is 4.17. The molecule has 34 heavy (non-hydrogen) atoms. The predicted molar refractivity (Wildman–Crippen MR) is 130 cm³/mol. The molecule has 176 valence electrons. The average Bonchev–Trinajstić information content (AvgIpc) is 3.58. The lowest BCUT2D eigenvalue weighted by atomic mass is 10.2. The molecule has 0 spiro atoms. The number of amides is 1. The number of sulfonamides is 1. The molecule has 0 bridgehead atoms. The van der Waals surface area contributed by atoms with Crippen molar-refractivity contribution in [2.45, 2.75) is 24.7 Å². The van der Waals surface area contributed by atoms with Gasteiger partial charge in [0, 0.05) is 24.7 Å². The van der Waals surface area contributed by atoms with Crippen molar-refractivity contribution in [1.29, 1.82) is 0 Å². The number of hydrogen-bond acceptors (Lipinski definition) is 7. The van der Waals surface area contributed by atoms with E-state index in [4.69, 9.17) is 4.74 Å². The van der Waals surface area contributed by atoms with E-state index in [0.29, 0.717) is 29.6 Å². The van der Waals surface area contributed by atoms with Crippen molar-refractivity contribution in [2.75, 3.05) is 25.5 Å². The van der Waals surface area contributed by atoms with Crippen molar-refractivity contribution in [3.05, 3.63) is 59.8 Å². The van der Waals surface area contributed by atoms with Crippen molar-refractivity contribution in [3.63, 3.8) is 0 Å². The zero-order valence-corrected chi connectivity index (χ0v) is 20.3. The minimum atomic E-state index is -3.53. The summed E-state index contributed by atoms with van der Waals surface area (Å²) in [6.07, 6.45) is 1.74. The lowest BCUT2D eigenvalue weighted by molar-refractivity contribution is 0.102. The van der Waals surface area contributed by atoms with Crippen LogP contribution >= 0.6 is 11.3 Å². The molecule has 2 aromatic heterocycles. The van der Waals surface area contributed by atoms with Crippen molar-refractivity contribution in [2.24, 2.45) is 0 Å². The summed E-state index contributed by atoms with van der Waals surface area (Å²) in [5.74, 6) is 0.847. The van der Waals surface area contributed by atoms with Crippen molar-refractivity contribution >= 4 is 43.3 Å². The van der Waals surface area contributed by atoms with Crippen LogP contribution in [0.1, 0.15) is 28.9 Å². The Labute approximate surface area is 201 Å². The Kier molecular flexibility index (Phi) is 5.84. The second kappa shape index (κ2) is 8.82. The molecule has 0 unspecified atom stereocenters. The summed E-state index contributed by atoms with van der Waals surface area (Å²) in [6, 6.07) is 13.4. The maximum Gasteiger partial charge on any atom is 0.256 e. The van der Waals surface area contributed by atoms with Crippen LogP contribution in [0.4, 0.5) is 5.82 Å². The summed E-state index contributed by atoms with van der Waals surface area (Å²) in [5.41, 5.74) is 1.88. The molecule has 0 aliphatic carbocycles. The minimum absolute atomic E-state index is 0.191. The molecule has 2 aromatic carbocycles. The molecule has 0 radical (unpaired) electrons. The van der Waals surface area contributed by atoms with Crippen LogP contribution in [-0.4, -0.2) is 53.6 Å². The number of nitrogens with zero attached hydrogens (tertiary/aromatic N) is 4. The number of benzene rings is 2. The number of fused-ring (bicyclic) bond motifs is 1. The minimum Gasteiger partial charge on any atom is -0.497 e. The Morgan fingerprint density at radius 3 is 2.53 bits per heavy atom. The van der Waals surface area contributed by atoms with E-state index in [1.54, 1.807) is 17.9 Å². The number of anilines is 1. The highest BCUT2D eigenvalue weighted by Crippen LogP contribution is 2.30. The van der Waals surface area contributed by atoms with Gasteiger partial charge in [0.2, 0.25) is 15.2 Å². The van der Waals surface area contributed by atoms with E-state index in [1.165, 1.54) is 39.9 Å². The zero-order valence-electron chi connectivity index (χ0n) is 18.7. The number of hydrogen-bond donors (Lipinski definition) is 1. The molecular formula is C23H23N5O4S2. The van der Waals surface area contributed by atoms with Gasteiger partial charge in [0.05, 0.1) is 27.9 Å². The number of methoxy groups -OCH3 is 1. The number of aromatic nitrogens is 3. The maximum atomic E-state index is 12.9. The molecule has 5 rings (SSSR count). The Bertz CT molecular complexity index is 1470. The van der Waals surface area contributed by atoms with Crippen molar-refractivity contribution in [3.8, 4) is 10.9 Å².